The molecule has 0 aliphatic carbocycles. The van der Waals surface area contributed by atoms with Crippen molar-refractivity contribution >= 4 is 33.0 Å². The monoisotopic (exact) mass is 391 g/mol. The molecule has 144 valence electrons. The Morgan fingerprint density at radius 2 is 1.70 bits per heavy atom. The van der Waals surface area contributed by atoms with E-state index < -0.39 is 27.4 Å². The minimum atomic E-state index is -3.84. The number of hydrogen-bond acceptors (Lipinski definition) is 5. The maximum atomic E-state index is 12.5. The molecular formula is C18H21N3O5S. The van der Waals surface area contributed by atoms with Crippen LogP contribution in [-0.2, 0) is 14.8 Å². The number of anilines is 2. The molecule has 1 N–H and O–H groups in total. The van der Waals surface area contributed by atoms with Crippen LogP contribution in [0.3, 0.4) is 0 Å². The number of hydrogen-bond donors (Lipinski definition) is 1. The van der Waals surface area contributed by atoms with Crippen LogP contribution in [0.15, 0.2) is 36.4 Å². The van der Waals surface area contributed by atoms with Gasteiger partial charge in [0, 0.05) is 17.8 Å². The lowest BCUT2D eigenvalue weighted by Crippen LogP contribution is -2.38. The minimum absolute atomic E-state index is 0.100. The summed E-state index contributed by atoms with van der Waals surface area (Å²) in [6, 6.07) is 9.42. The molecule has 0 heterocycles. The van der Waals surface area contributed by atoms with Gasteiger partial charge in [-0.2, -0.15) is 0 Å². The summed E-state index contributed by atoms with van der Waals surface area (Å²) in [4.78, 5) is 22.9. The highest BCUT2D eigenvalue weighted by Crippen LogP contribution is 2.27. The van der Waals surface area contributed by atoms with Crippen LogP contribution in [-0.4, -0.2) is 32.0 Å². The van der Waals surface area contributed by atoms with Gasteiger partial charge in [0.1, 0.15) is 6.54 Å². The van der Waals surface area contributed by atoms with Gasteiger partial charge in [0.05, 0.1) is 16.9 Å². The van der Waals surface area contributed by atoms with Crippen LogP contribution in [0, 0.1) is 30.9 Å². The number of aryl methyl sites for hydroxylation is 3. The lowest BCUT2D eigenvalue weighted by Gasteiger charge is -2.24. The molecule has 0 saturated carbocycles. The summed E-state index contributed by atoms with van der Waals surface area (Å²) in [6.45, 7) is 4.80. The molecule has 0 aromatic heterocycles. The summed E-state index contributed by atoms with van der Waals surface area (Å²) in [5.41, 5.74) is 2.67. The topological polar surface area (TPSA) is 110 Å². The second kappa shape index (κ2) is 7.75. The molecule has 0 radical (unpaired) electrons. The average Bonchev–Trinajstić information content (AvgIpc) is 2.55. The molecule has 0 aliphatic rings. The maximum absolute atomic E-state index is 12.5. The summed E-state index contributed by atoms with van der Waals surface area (Å²) < 4.78 is 25.4. The van der Waals surface area contributed by atoms with Crippen LogP contribution in [0.1, 0.15) is 16.7 Å². The van der Waals surface area contributed by atoms with Crippen molar-refractivity contribution in [2.24, 2.45) is 0 Å². The zero-order chi connectivity index (χ0) is 20.4. The summed E-state index contributed by atoms with van der Waals surface area (Å²) in [5.74, 6) is -0.538. The zero-order valence-electron chi connectivity index (χ0n) is 15.5. The molecule has 2 aromatic carbocycles. The third-order valence-corrected chi connectivity index (χ3v) is 5.23. The summed E-state index contributed by atoms with van der Waals surface area (Å²) in [7, 11) is -3.84. The van der Waals surface area contributed by atoms with Gasteiger partial charge in [0.15, 0.2) is 0 Å². The molecule has 2 aromatic rings. The van der Waals surface area contributed by atoms with Gasteiger partial charge in [0.2, 0.25) is 15.9 Å². The Labute approximate surface area is 158 Å². The number of carbonyl (C=O) groups is 1. The molecule has 27 heavy (non-hydrogen) atoms. The molecule has 1 amide bonds. The van der Waals surface area contributed by atoms with E-state index in [1.54, 1.807) is 6.92 Å². The number of rotatable bonds is 6. The highest BCUT2D eigenvalue weighted by atomic mass is 32.2. The normalized spacial score (nSPS) is 11.1. The van der Waals surface area contributed by atoms with Crippen LogP contribution < -0.4 is 9.62 Å². The first-order valence-electron chi connectivity index (χ1n) is 8.09. The van der Waals surface area contributed by atoms with Gasteiger partial charge in [-0.25, -0.2) is 8.42 Å². The van der Waals surface area contributed by atoms with E-state index in [0.717, 1.165) is 27.8 Å². The SMILES string of the molecule is Cc1ccc([N+](=O)[O-])cc1N(CC(=O)Nc1c(C)cccc1C)S(C)(=O)=O. The van der Waals surface area contributed by atoms with Crippen molar-refractivity contribution in [3.05, 3.63) is 63.2 Å². The molecule has 0 fully saturated rings. The number of nitrogens with zero attached hydrogens (tertiary/aromatic N) is 2. The first-order valence-corrected chi connectivity index (χ1v) is 9.94. The maximum Gasteiger partial charge on any atom is 0.271 e. The number of nitro benzene ring substituents is 1. The van der Waals surface area contributed by atoms with Gasteiger partial charge in [0.25, 0.3) is 5.69 Å². The second-order valence-corrected chi connectivity index (χ2v) is 8.22. The predicted molar refractivity (Wildman–Crippen MR) is 105 cm³/mol. The van der Waals surface area contributed by atoms with E-state index >= 15 is 0 Å². The van der Waals surface area contributed by atoms with E-state index in [1.165, 1.54) is 12.1 Å². The highest BCUT2D eigenvalue weighted by molar-refractivity contribution is 7.92. The largest absolute Gasteiger partial charge is 0.324 e. The molecule has 0 unspecified atom stereocenters. The Morgan fingerprint density at radius 3 is 2.22 bits per heavy atom. The summed E-state index contributed by atoms with van der Waals surface area (Å²) in [5, 5.41) is 13.8. The number of benzene rings is 2. The van der Waals surface area contributed by atoms with E-state index in [9.17, 15) is 23.3 Å². The lowest BCUT2D eigenvalue weighted by molar-refractivity contribution is -0.384. The van der Waals surface area contributed by atoms with Gasteiger partial charge in [-0.3, -0.25) is 19.2 Å². The molecule has 0 aliphatic heterocycles. The molecular weight excluding hydrogens is 370 g/mol. The highest BCUT2D eigenvalue weighted by Gasteiger charge is 2.24. The van der Waals surface area contributed by atoms with Crippen LogP contribution in [0.2, 0.25) is 0 Å². The molecule has 0 atom stereocenters. The van der Waals surface area contributed by atoms with Crippen molar-refractivity contribution in [3.8, 4) is 0 Å². The van der Waals surface area contributed by atoms with Gasteiger partial charge in [-0.05, 0) is 37.5 Å². The standard InChI is InChI=1S/C18H21N3O5S/c1-12-8-9-15(21(23)24)10-16(12)20(27(4,25)26)11-17(22)19-18-13(2)6-5-7-14(18)3/h5-10H,11H2,1-4H3,(H,19,22). The Bertz CT molecular complexity index is 982. The molecule has 8 nitrogen and oxygen atoms in total. The molecule has 2 rings (SSSR count). The van der Waals surface area contributed by atoms with Crippen molar-refractivity contribution in [1.29, 1.82) is 0 Å². The smallest absolute Gasteiger partial charge is 0.271 e. The molecule has 0 spiro atoms. The van der Waals surface area contributed by atoms with E-state index in [-0.39, 0.29) is 11.4 Å². The first kappa shape index (κ1) is 20.4. The van der Waals surface area contributed by atoms with Crippen LogP contribution in [0.4, 0.5) is 17.1 Å². The Hall–Kier alpha value is -2.94. The van der Waals surface area contributed by atoms with Crippen LogP contribution in [0.5, 0.6) is 0 Å². The van der Waals surface area contributed by atoms with E-state index in [2.05, 4.69) is 5.32 Å². The van der Waals surface area contributed by atoms with E-state index in [0.29, 0.717) is 11.3 Å². The average molecular weight is 391 g/mol. The number of amides is 1. The third-order valence-electron chi connectivity index (χ3n) is 4.11. The number of nitrogens with one attached hydrogen (secondary N) is 1. The third kappa shape index (κ3) is 4.82. The van der Waals surface area contributed by atoms with Crippen molar-refractivity contribution in [3.63, 3.8) is 0 Å². The number of sulfonamides is 1. The Morgan fingerprint density at radius 1 is 1.11 bits per heavy atom. The van der Waals surface area contributed by atoms with Crippen molar-refractivity contribution in [2.45, 2.75) is 20.8 Å². The van der Waals surface area contributed by atoms with Gasteiger partial charge >= 0.3 is 0 Å². The molecule has 0 saturated heterocycles. The van der Waals surface area contributed by atoms with Crippen molar-refractivity contribution in [1.82, 2.24) is 0 Å². The summed E-state index contributed by atoms with van der Waals surface area (Å²) in [6.07, 6.45) is 0.956. The fraction of sp³-hybridized carbons (Fsp3) is 0.278. The fourth-order valence-electron chi connectivity index (χ4n) is 2.68. The lowest BCUT2D eigenvalue weighted by atomic mass is 10.1. The Balaban J connectivity index is 2.38. The van der Waals surface area contributed by atoms with Gasteiger partial charge < -0.3 is 5.32 Å². The molecule has 0 bridgehead atoms. The second-order valence-electron chi connectivity index (χ2n) is 6.31. The number of para-hydroxylation sites is 1. The summed E-state index contributed by atoms with van der Waals surface area (Å²) >= 11 is 0. The van der Waals surface area contributed by atoms with Crippen molar-refractivity contribution < 1.29 is 18.1 Å². The van der Waals surface area contributed by atoms with Crippen LogP contribution >= 0.6 is 0 Å². The predicted octanol–water partition coefficient (Wildman–Crippen LogP) is 2.92. The van der Waals surface area contributed by atoms with E-state index in [4.69, 9.17) is 0 Å². The number of carbonyl (C=O) groups excluding carboxylic acids is 1. The van der Waals surface area contributed by atoms with E-state index in [1.807, 2.05) is 32.0 Å². The zero-order valence-corrected chi connectivity index (χ0v) is 16.3. The van der Waals surface area contributed by atoms with Gasteiger partial charge in [-0.15, -0.1) is 0 Å². The number of nitro groups is 1. The minimum Gasteiger partial charge on any atom is -0.324 e. The number of non-ortho nitro benzene ring substituents is 1. The quantitative estimate of drug-likeness (QED) is 0.601. The molecule has 9 heteroatoms. The van der Waals surface area contributed by atoms with Crippen molar-refractivity contribution in [2.75, 3.05) is 22.4 Å². The first-order chi connectivity index (χ1) is 12.5. The Kier molecular flexibility index (Phi) is 5.85. The fourth-order valence-corrected chi connectivity index (χ4v) is 3.59. The van der Waals surface area contributed by atoms with Crippen LogP contribution in [0.25, 0.3) is 0 Å². The van der Waals surface area contributed by atoms with Gasteiger partial charge in [-0.1, -0.05) is 24.3 Å².